The molecule has 0 spiro atoms. The Balaban J connectivity index is 2.11. The molecule has 1 heterocycles. The van der Waals surface area contributed by atoms with Gasteiger partial charge in [0.15, 0.2) is 0 Å². The van der Waals surface area contributed by atoms with Gasteiger partial charge in [0.05, 0.1) is 0 Å². The van der Waals surface area contributed by atoms with Gasteiger partial charge in [0, 0.05) is 11.6 Å². The Labute approximate surface area is 112 Å². The summed E-state index contributed by atoms with van der Waals surface area (Å²) in [5, 5.41) is 10.0. The van der Waals surface area contributed by atoms with E-state index in [1.54, 1.807) is 0 Å². The second kappa shape index (κ2) is 6.21. The third-order valence-electron chi connectivity index (χ3n) is 3.42. The van der Waals surface area contributed by atoms with Crippen LogP contribution in [0.1, 0.15) is 31.2 Å². The molecule has 4 heteroatoms. The van der Waals surface area contributed by atoms with Gasteiger partial charge in [-0.1, -0.05) is 36.6 Å². The highest BCUT2D eigenvalue weighted by molar-refractivity contribution is 6.30. The van der Waals surface area contributed by atoms with Crippen molar-refractivity contribution < 1.29 is 9.90 Å². The molecule has 3 nitrogen and oxygen atoms in total. The Morgan fingerprint density at radius 3 is 2.94 bits per heavy atom. The first-order chi connectivity index (χ1) is 8.66. The SMILES string of the molecule is O=C(O)C1CCCCCN1Cc1cccc(Cl)c1. The third-order valence-corrected chi connectivity index (χ3v) is 3.66. The van der Waals surface area contributed by atoms with Gasteiger partial charge < -0.3 is 5.11 Å². The molecule has 18 heavy (non-hydrogen) atoms. The van der Waals surface area contributed by atoms with E-state index in [9.17, 15) is 9.90 Å². The Hall–Kier alpha value is -1.06. The number of nitrogens with zero attached hydrogens (tertiary/aromatic N) is 1. The lowest BCUT2D eigenvalue weighted by molar-refractivity contribution is -0.143. The number of hydrogen-bond donors (Lipinski definition) is 1. The lowest BCUT2D eigenvalue weighted by Gasteiger charge is -2.26. The van der Waals surface area contributed by atoms with Crippen LogP contribution < -0.4 is 0 Å². The topological polar surface area (TPSA) is 40.5 Å². The maximum Gasteiger partial charge on any atom is 0.320 e. The van der Waals surface area contributed by atoms with E-state index in [2.05, 4.69) is 4.90 Å². The van der Waals surface area contributed by atoms with Crippen LogP contribution in [0.2, 0.25) is 5.02 Å². The molecule has 0 saturated carbocycles. The quantitative estimate of drug-likeness (QED) is 0.914. The van der Waals surface area contributed by atoms with Crippen LogP contribution in [0.25, 0.3) is 0 Å². The molecule has 1 aromatic rings. The molecule has 98 valence electrons. The Morgan fingerprint density at radius 2 is 2.22 bits per heavy atom. The predicted octanol–water partition coefficient (Wildman–Crippen LogP) is 3.17. The number of hydrogen-bond acceptors (Lipinski definition) is 2. The van der Waals surface area contributed by atoms with E-state index in [4.69, 9.17) is 11.6 Å². The van der Waals surface area contributed by atoms with Gasteiger partial charge in [0.1, 0.15) is 6.04 Å². The van der Waals surface area contributed by atoms with Crippen molar-refractivity contribution >= 4 is 17.6 Å². The van der Waals surface area contributed by atoms with Crippen LogP contribution in [0, 0.1) is 0 Å². The monoisotopic (exact) mass is 267 g/mol. The standard InChI is InChI=1S/C14H18ClNO2/c15-12-6-4-5-11(9-12)10-16-8-3-1-2-7-13(16)14(17)18/h4-6,9,13H,1-3,7-8,10H2,(H,17,18). The molecule has 0 radical (unpaired) electrons. The second-order valence-electron chi connectivity index (χ2n) is 4.80. The first-order valence-corrected chi connectivity index (χ1v) is 6.76. The van der Waals surface area contributed by atoms with Gasteiger partial charge in [0.25, 0.3) is 0 Å². The number of aliphatic carboxylic acids is 1. The van der Waals surface area contributed by atoms with Crippen molar-refractivity contribution in [3.05, 3.63) is 34.9 Å². The van der Waals surface area contributed by atoms with Crippen molar-refractivity contribution in [3.8, 4) is 0 Å². The van der Waals surface area contributed by atoms with Gasteiger partial charge >= 0.3 is 5.97 Å². The maximum absolute atomic E-state index is 11.3. The number of carbonyl (C=O) groups is 1. The fourth-order valence-electron chi connectivity index (χ4n) is 2.51. The Bertz CT molecular complexity index is 422. The van der Waals surface area contributed by atoms with Crippen molar-refractivity contribution in [2.45, 2.75) is 38.3 Å². The van der Waals surface area contributed by atoms with Crippen molar-refractivity contribution in [1.82, 2.24) is 4.90 Å². The van der Waals surface area contributed by atoms with Crippen molar-refractivity contribution in [1.29, 1.82) is 0 Å². The van der Waals surface area contributed by atoms with Gasteiger partial charge in [-0.15, -0.1) is 0 Å². The lowest BCUT2D eigenvalue weighted by Crippen LogP contribution is -2.40. The second-order valence-corrected chi connectivity index (χ2v) is 5.24. The molecule has 0 amide bonds. The van der Waals surface area contributed by atoms with Gasteiger partial charge in [0.2, 0.25) is 0 Å². The molecule has 1 aliphatic rings. The molecule has 2 rings (SSSR count). The normalized spacial score (nSPS) is 21.5. The molecule has 1 aromatic carbocycles. The first-order valence-electron chi connectivity index (χ1n) is 6.38. The highest BCUT2D eigenvalue weighted by Crippen LogP contribution is 2.20. The van der Waals surface area contributed by atoms with E-state index in [1.165, 1.54) is 0 Å². The summed E-state index contributed by atoms with van der Waals surface area (Å²) >= 11 is 5.96. The van der Waals surface area contributed by atoms with Gasteiger partial charge in [-0.2, -0.15) is 0 Å². The Kier molecular flexibility index (Phi) is 4.61. The number of likely N-dealkylation sites (tertiary alicyclic amines) is 1. The van der Waals surface area contributed by atoms with Gasteiger partial charge in [-0.3, -0.25) is 9.69 Å². The average Bonchev–Trinajstić information content (AvgIpc) is 2.54. The molecule has 1 atom stereocenters. The summed E-state index contributed by atoms with van der Waals surface area (Å²) in [6.45, 7) is 1.51. The largest absolute Gasteiger partial charge is 0.480 e. The van der Waals surface area contributed by atoms with E-state index in [0.717, 1.165) is 37.8 Å². The number of carboxylic acid groups (broad SMARTS) is 1. The summed E-state index contributed by atoms with van der Waals surface area (Å²) < 4.78 is 0. The average molecular weight is 268 g/mol. The van der Waals surface area contributed by atoms with Crippen molar-refractivity contribution in [2.75, 3.05) is 6.54 Å². The number of benzene rings is 1. The molecular weight excluding hydrogens is 250 g/mol. The maximum atomic E-state index is 11.3. The highest BCUT2D eigenvalue weighted by Gasteiger charge is 2.26. The van der Waals surface area contributed by atoms with Crippen LogP contribution in [0.3, 0.4) is 0 Å². The summed E-state index contributed by atoms with van der Waals surface area (Å²) in [7, 11) is 0. The third kappa shape index (κ3) is 3.47. The number of carboxylic acids is 1. The van der Waals surface area contributed by atoms with E-state index < -0.39 is 5.97 Å². The molecule has 1 unspecified atom stereocenters. The van der Waals surface area contributed by atoms with Crippen molar-refractivity contribution in [2.24, 2.45) is 0 Å². The van der Waals surface area contributed by atoms with E-state index in [0.29, 0.717) is 11.6 Å². The van der Waals surface area contributed by atoms with Crippen LogP contribution in [-0.4, -0.2) is 28.6 Å². The molecular formula is C14H18ClNO2. The van der Waals surface area contributed by atoms with Crippen LogP contribution in [-0.2, 0) is 11.3 Å². The minimum Gasteiger partial charge on any atom is -0.480 e. The van der Waals surface area contributed by atoms with Crippen LogP contribution in [0.15, 0.2) is 24.3 Å². The molecule has 1 saturated heterocycles. The molecule has 0 aromatic heterocycles. The molecule has 1 N–H and O–H groups in total. The zero-order valence-electron chi connectivity index (χ0n) is 10.3. The van der Waals surface area contributed by atoms with E-state index in [1.807, 2.05) is 24.3 Å². The van der Waals surface area contributed by atoms with Crippen LogP contribution in [0.5, 0.6) is 0 Å². The number of rotatable bonds is 3. The van der Waals surface area contributed by atoms with E-state index >= 15 is 0 Å². The first kappa shape index (κ1) is 13.4. The van der Waals surface area contributed by atoms with Crippen LogP contribution >= 0.6 is 11.6 Å². The summed E-state index contributed by atoms with van der Waals surface area (Å²) in [6, 6.07) is 7.29. The van der Waals surface area contributed by atoms with Gasteiger partial charge in [-0.05, 0) is 37.1 Å². The summed E-state index contributed by atoms with van der Waals surface area (Å²) in [6.07, 6.45) is 3.94. The van der Waals surface area contributed by atoms with Crippen molar-refractivity contribution in [3.63, 3.8) is 0 Å². The smallest absolute Gasteiger partial charge is 0.320 e. The zero-order chi connectivity index (χ0) is 13.0. The predicted molar refractivity (Wildman–Crippen MR) is 71.8 cm³/mol. The summed E-state index contributed by atoms with van der Waals surface area (Å²) in [5.74, 6) is -0.709. The molecule has 0 aliphatic carbocycles. The van der Waals surface area contributed by atoms with E-state index in [-0.39, 0.29) is 6.04 Å². The minimum atomic E-state index is -0.709. The molecule has 0 bridgehead atoms. The highest BCUT2D eigenvalue weighted by atomic mass is 35.5. The minimum absolute atomic E-state index is 0.355. The lowest BCUT2D eigenvalue weighted by atomic mass is 10.1. The fourth-order valence-corrected chi connectivity index (χ4v) is 2.72. The zero-order valence-corrected chi connectivity index (χ0v) is 11.1. The summed E-state index contributed by atoms with van der Waals surface area (Å²) in [5.41, 5.74) is 1.08. The van der Waals surface area contributed by atoms with Crippen LogP contribution in [0.4, 0.5) is 0 Å². The molecule has 1 fully saturated rings. The summed E-state index contributed by atoms with van der Waals surface area (Å²) in [4.78, 5) is 13.4. The Morgan fingerprint density at radius 1 is 1.39 bits per heavy atom. The fraction of sp³-hybridized carbons (Fsp3) is 0.500. The van der Waals surface area contributed by atoms with Gasteiger partial charge in [-0.25, -0.2) is 0 Å². The molecule has 1 aliphatic heterocycles. The number of halogens is 1.